The smallest absolute Gasteiger partial charge is 0.402 e. The zero-order chi connectivity index (χ0) is 15.6. The Morgan fingerprint density at radius 3 is 2.05 bits per heavy atom. The minimum absolute atomic E-state index is 0.212. The number of para-hydroxylation sites is 1. The van der Waals surface area contributed by atoms with Crippen molar-refractivity contribution in [3.05, 3.63) is 23.8 Å². The first-order valence-electron chi connectivity index (χ1n) is 5.43. The molecule has 1 rings (SSSR count). The Morgan fingerprint density at radius 1 is 1.05 bits per heavy atom. The van der Waals surface area contributed by atoms with Crippen LogP contribution in [-0.2, 0) is 0 Å². The summed E-state index contributed by atoms with van der Waals surface area (Å²) >= 11 is 0. The SMILES string of the molecule is CCC(N)c1cccc(OC(F)(F)F)c1OC(F)(F)F. The Balaban J connectivity index is 3.29. The predicted molar refractivity (Wildman–Crippen MR) is 57.0 cm³/mol. The summed E-state index contributed by atoms with van der Waals surface area (Å²) in [5.74, 6) is -2.16. The second-order valence-corrected chi connectivity index (χ2v) is 3.78. The van der Waals surface area contributed by atoms with Gasteiger partial charge >= 0.3 is 12.7 Å². The van der Waals surface area contributed by atoms with E-state index in [1.807, 2.05) is 0 Å². The molecular weight excluding hydrogens is 292 g/mol. The number of rotatable bonds is 4. The molecule has 0 saturated carbocycles. The monoisotopic (exact) mass is 303 g/mol. The van der Waals surface area contributed by atoms with Gasteiger partial charge in [-0.25, -0.2) is 0 Å². The van der Waals surface area contributed by atoms with E-state index in [1.165, 1.54) is 0 Å². The minimum Gasteiger partial charge on any atom is -0.402 e. The van der Waals surface area contributed by atoms with Gasteiger partial charge in [0.05, 0.1) is 0 Å². The standard InChI is InChI=1S/C11H11F6NO2/c1-2-7(18)6-4-3-5-8(19-10(12,13)14)9(6)20-11(15,16)17/h3-5,7H,2,18H2,1H3. The summed E-state index contributed by atoms with van der Waals surface area (Å²) in [5.41, 5.74) is 5.35. The Bertz CT molecular complexity index is 457. The molecule has 0 spiro atoms. The third-order valence-corrected chi connectivity index (χ3v) is 2.29. The minimum atomic E-state index is -5.16. The lowest BCUT2D eigenvalue weighted by Crippen LogP contribution is -2.23. The number of alkyl halides is 6. The number of hydrogen-bond acceptors (Lipinski definition) is 3. The van der Waals surface area contributed by atoms with Crippen LogP contribution in [0.5, 0.6) is 11.5 Å². The molecule has 0 bridgehead atoms. The maximum atomic E-state index is 12.3. The molecule has 0 saturated heterocycles. The summed E-state index contributed by atoms with van der Waals surface area (Å²) < 4.78 is 80.6. The van der Waals surface area contributed by atoms with Gasteiger partial charge in [-0.3, -0.25) is 0 Å². The highest BCUT2D eigenvalue weighted by Crippen LogP contribution is 2.40. The lowest BCUT2D eigenvalue weighted by molar-refractivity contribution is -0.287. The van der Waals surface area contributed by atoms with Crippen LogP contribution in [0.4, 0.5) is 26.3 Å². The van der Waals surface area contributed by atoms with Crippen LogP contribution in [0.2, 0.25) is 0 Å². The average Bonchev–Trinajstić information content (AvgIpc) is 2.26. The number of hydrogen-bond donors (Lipinski definition) is 1. The highest BCUT2D eigenvalue weighted by Gasteiger charge is 2.38. The van der Waals surface area contributed by atoms with Crippen molar-refractivity contribution in [1.82, 2.24) is 0 Å². The number of benzene rings is 1. The second-order valence-electron chi connectivity index (χ2n) is 3.78. The van der Waals surface area contributed by atoms with Gasteiger partial charge in [0.2, 0.25) is 0 Å². The highest BCUT2D eigenvalue weighted by molar-refractivity contribution is 5.48. The van der Waals surface area contributed by atoms with Gasteiger partial charge in [-0.2, -0.15) is 0 Å². The van der Waals surface area contributed by atoms with Crippen LogP contribution in [0.1, 0.15) is 24.9 Å². The fraction of sp³-hybridized carbons (Fsp3) is 0.455. The third kappa shape index (κ3) is 4.80. The molecule has 0 fully saturated rings. The van der Waals surface area contributed by atoms with Gasteiger partial charge in [0.25, 0.3) is 0 Å². The van der Waals surface area contributed by atoms with E-state index in [1.54, 1.807) is 6.92 Å². The number of ether oxygens (including phenoxy) is 2. The van der Waals surface area contributed by atoms with E-state index in [4.69, 9.17) is 5.73 Å². The molecule has 0 aliphatic rings. The summed E-state index contributed by atoms with van der Waals surface area (Å²) in [5, 5.41) is 0. The Morgan fingerprint density at radius 2 is 1.60 bits per heavy atom. The van der Waals surface area contributed by atoms with Gasteiger partial charge in [-0.1, -0.05) is 19.1 Å². The molecule has 114 valence electrons. The fourth-order valence-corrected chi connectivity index (χ4v) is 1.47. The van der Waals surface area contributed by atoms with Crippen LogP contribution < -0.4 is 15.2 Å². The van der Waals surface area contributed by atoms with E-state index in [-0.39, 0.29) is 12.0 Å². The van der Waals surface area contributed by atoms with Crippen LogP contribution >= 0.6 is 0 Å². The normalized spacial score (nSPS) is 14.0. The zero-order valence-corrected chi connectivity index (χ0v) is 10.2. The highest BCUT2D eigenvalue weighted by atomic mass is 19.4. The molecule has 0 heterocycles. The lowest BCUT2D eigenvalue weighted by Gasteiger charge is -2.20. The van der Waals surface area contributed by atoms with Crippen molar-refractivity contribution in [2.24, 2.45) is 5.73 Å². The van der Waals surface area contributed by atoms with Gasteiger partial charge < -0.3 is 15.2 Å². The third-order valence-electron chi connectivity index (χ3n) is 2.29. The van der Waals surface area contributed by atoms with Crippen molar-refractivity contribution in [3.8, 4) is 11.5 Å². The van der Waals surface area contributed by atoms with Gasteiger partial charge in [0.15, 0.2) is 11.5 Å². The molecule has 0 amide bonds. The maximum Gasteiger partial charge on any atom is 0.573 e. The van der Waals surface area contributed by atoms with Gasteiger partial charge in [0.1, 0.15) is 0 Å². The zero-order valence-electron chi connectivity index (χ0n) is 10.2. The lowest BCUT2D eigenvalue weighted by atomic mass is 10.0. The summed E-state index contributed by atoms with van der Waals surface area (Å²) in [6.07, 6.45) is -10.1. The summed E-state index contributed by atoms with van der Waals surface area (Å²) in [6, 6.07) is 2.07. The van der Waals surface area contributed by atoms with E-state index >= 15 is 0 Å². The van der Waals surface area contributed by atoms with Gasteiger partial charge in [0, 0.05) is 11.6 Å². The van der Waals surface area contributed by atoms with Crippen molar-refractivity contribution in [2.75, 3.05) is 0 Å². The van der Waals surface area contributed by atoms with Crippen LogP contribution in [0.3, 0.4) is 0 Å². The fourth-order valence-electron chi connectivity index (χ4n) is 1.47. The molecule has 0 aliphatic carbocycles. The molecule has 1 atom stereocenters. The van der Waals surface area contributed by atoms with Crippen LogP contribution in [-0.4, -0.2) is 12.7 Å². The molecule has 20 heavy (non-hydrogen) atoms. The molecule has 1 aromatic rings. The summed E-state index contributed by atoms with van der Waals surface area (Å²) in [7, 11) is 0. The number of halogens is 6. The molecule has 0 radical (unpaired) electrons. The molecule has 3 nitrogen and oxygen atoms in total. The molecule has 0 aromatic heterocycles. The first kappa shape index (κ1) is 16.4. The molecule has 9 heteroatoms. The topological polar surface area (TPSA) is 44.5 Å². The van der Waals surface area contributed by atoms with E-state index in [9.17, 15) is 26.3 Å². The van der Waals surface area contributed by atoms with Crippen LogP contribution in [0, 0.1) is 0 Å². The van der Waals surface area contributed by atoms with E-state index in [0.29, 0.717) is 0 Å². The number of nitrogens with two attached hydrogens (primary N) is 1. The van der Waals surface area contributed by atoms with E-state index in [2.05, 4.69) is 9.47 Å². The summed E-state index contributed by atoms with van der Waals surface area (Å²) in [6.45, 7) is 1.57. The van der Waals surface area contributed by atoms with Gasteiger partial charge in [-0.05, 0) is 12.5 Å². The van der Waals surface area contributed by atoms with Crippen LogP contribution in [0.15, 0.2) is 18.2 Å². The molecule has 1 unspecified atom stereocenters. The van der Waals surface area contributed by atoms with Crippen LogP contribution in [0.25, 0.3) is 0 Å². The Kier molecular flexibility index (Phi) is 4.74. The quantitative estimate of drug-likeness (QED) is 0.858. The van der Waals surface area contributed by atoms with Crippen molar-refractivity contribution < 1.29 is 35.8 Å². The average molecular weight is 303 g/mol. The van der Waals surface area contributed by atoms with Crippen molar-refractivity contribution in [1.29, 1.82) is 0 Å². The molecule has 2 N–H and O–H groups in total. The second kappa shape index (κ2) is 5.78. The van der Waals surface area contributed by atoms with Gasteiger partial charge in [-0.15, -0.1) is 26.3 Å². The van der Waals surface area contributed by atoms with Crippen molar-refractivity contribution in [2.45, 2.75) is 32.1 Å². The Hall–Kier alpha value is -1.64. The largest absolute Gasteiger partial charge is 0.573 e. The first-order chi connectivity index (χ1) is 9.03. The molecule has 0 aliphatic heterocycles. The molecule has 1 aromatic carbocycles. The van der Waals surface area contributed by atoms with E-state index < -0.39 is 30.3 Å². The van der Waals surface area contributed by atoms with Crippen molar-refractivity contribution >= 4 is 0 Å². The predicted octanol–water partition coefficient (Wildman–Crippen LogP) is 3.89. The maximum absolute atomic E-state index is 12.3. The Labute approximate surface area is 110 Å². The van der Waals surface area contributed by atoms with E-state index in [0.717, 1.165) is 18.2 Å². The first-order valence-corrected chi connectivity index (χ1v) is 5.43. The molecular formula is C11H11F6NO2. The summed E-state index contributed by atoms with van der Waals surface area (Å²) in [4.78, 5) is 0. The van der Waals surface area contributed by atoms with Crippen molar-refractivity contribution in [3.63, 3.8) is 0 Å².